The number of nitrogens with one attached hydrogen (secondary N) is 1. The van der Waals surface area contributed by atoms with Gasteiger partial charge in [0.25, 0.3) is 5.91 Å². The van der Waals surface area contributed by atoms with Crippen molar-refractivity contribution < 1.29 is 34.8 Å². The van der Waals surface area contributed by atoms with Crippen LogP contribution in [-0.4, -0.2) is 75.1 Å². The minimum absolute atomic E-state index is 0.0624. The normalized spacial score (nSPS) is 26.3. The van der Waals surface area contributed by atoms with Crippen LogP contribution in [-0.2, 0) is 27.3 Å². The van der Waals surface area contributed by atoms with Crippen LogP contribution in [0.2, 0.25) is 0 Å². The van der Waals surface area contributed by atoms with E-state index in [0.29, 0.717) is 17.5 Å². The van der Waals surface area contributed by atoms with Crippen molar-refractivity contribution in [1.29, 1.82) is 0 Å². The Labute approximate surface area is 231 Å². The van der Waals surface area contributed by atoms with Gasteiger partial charge in [0.15, 0.2) is 11.4 Å². The molecule has 4 atom stereocenters. The number of aliphatic hydroxyl groups excluding tert-OH is 2. The number of aromatic hydroxyl groups is 1. The molecule has 2 aromatic carbocycles. The molecule has 0 saturated heterocycles. The molecule has 2 aromatic rings. The quantitative estimate of drug-likeness (QED) is 0.223. The molecular weight excluding hydrogens is 514 g/mol. The van der Waals surface area contributed by atoms with Gasteiger partial charge in [0.05, 0.1) is 11.6 Å². The molecule has 40 heavy (non-hydrogen) atoms. The maximum Gasteiger partial charge on any atom is 0.255 e. The first-order valence-electron chi connectivity index (χ1n) is 13.6. The molecule has 7 N–H and O–H groups in total. The first-order chi connectivity index (χ1) is 18.9. The summed E-state index contributed by atoms with van der Waals surface area (Å²) in [6.45, 7) is 3.58. The van der Waals surface area contributed by atoms with Crippen LogP contribution in [0.15, 0.2) is 41.2 Å². The zero-order valence-electron chi connectivity index (χ0n) is 22.8. The summed E-state index contributed by atoms with van der Waals surface area (Å²) in [5.41, 5.74) is 3.42. The Morgan fingerprint density at radius 2 is 1.90 bits per heavy atom. The van der Waals surface area contributed by atoms with Crippen molar-refractivity contribution in [3.63, 3.8) is 0 Å². The molecule has 1 saturated carbocycles. The van der Waals surface area contributed by atoms with Crippen LogP contribution in [0.25, 0.3) is 16.5 Å². The maximum absolute atomic E-state index is 14.0. The van der Waals surface area contributed by atoms with Crippen molar-refractivity contribution in [3.05, 3.63) is 57.9 Å². The fourth-order valence-electron chi connectivity index (χ4n) is 6.70. The number of rotatable bonds is 7. The molecule has 3 aliphatic rings. The largest absolute Gasteiger partial charge is 0.508 e. The van der Waals surface area contributed by atoms with Gasteiger partial charge in [0.2, 0.25) is 5.78 Å². The number of primary amides is 1. The molecule has 10 nitrogen and oxygen atoms in total. The van der Waals surface area contributed by atoms with Gasteiger partial charge in [-0.3, -0.25) is 19.3 Å². The summed E-state index contributed by atoms with van der Waals surface area (Å²) in [5, 5.41) is 50.1. The third-order valence-corrected chi connectivity index (χ3v) is 8.63. The molecule has 0 bridgehead atoms. The van der Waals surface area contributed by atoms with Crippen molar-refractivity contribution in [1.82, 2.24) is 10.2 Å². The van der Waals surface area contributed by atoms with E-state index in [1.54, 1.807) is 14.1 Å². The number of unbranched alkanes of at least 4 members (excludes halogenated alkanes) is 1. The van der Waals surface area contributed by atoms with E-state index in [9.17, 15) is 34.8 Å². The molecule has 1 fully saturated rings. The maximum atomic E-state index is 14.0. The number of ketones is 2. The summed E-state index contributed by atoms with van der Waals surface area (Å²) >= 11 is 0. The van der Waals surface area contributed by atoms with Gasteiger partial charge in [0.1, 0.15) is 22.8 Å². The predicted molar refractivity (Wildman–Crippen MR) is 148 cm³/mol. The summed E-state index contributed by atoms with van der Waals surface area (Å²) in [4.78, 5) is 40.7. The van der Waals surface area contributed by atoms with E-state index in [2.05, 4.69) is 12.2 Å². The highest BCUT2D eigenvalue weighted by molar-refractivity contribution is 6.24. The van der Waals surface area contributed by atoms with Crippen molar-refractivity contribution >= 4 is 34.0 Å². The number of nitrogens with zero attached hydrogens (tertiary/aromatic N) is 1. The predicted octanol–water partition coefficient (Wildman–Crippen LogP) is 2.01. The van der Waals surface area contributed by atoms with Crippen LogP contribution in [0.3, 0.4) is 0 Å². The Kier molecular flexibility index (Phi) is 6.98. The number of nitrogens with two attached hydrogens (primary N) is 1. The molecule has 0 radical (unpaired) electrons. The van der Waals surface area contributed by atoms with Gasteiger partial charge in [0, 0.05) is 23.4 Å². The first kappa shape index (κ1) is 27.8. The SMILES string of the molecule is CCCCNCc1ccc2cc3c(c(O)c2c1)C(O)=C1C(=O)[C@]2(O)C(O)=C(C(N)=O)C(=O)[C@@H](N(C)C)[C@@H]2C[C@@H]1C3. The molecule has 10 heteroatoms. The molecule has 0 spiro atoms. The van der Waals surface area contributed by atoms with Gasteiger partial charge in [-0.15, -0.1) is 0 Å². The topological polar surface area (TPSA) is 173 Å². The highest BCUT2D eigenvalue weighted by atomic mass is 16.3. The second-order valence-electron chi connectivity index (χ2n) is 11.3. The number of hydrogen-bond donors (Lipinski definition) is 6. The second-order valence-corrected chi connectivity index (χ2v) is 11.3. The number of aliphatic hydroxyl groups is 3. The number of benzene rings is 2. The molecular formula is C30H35N3O7. The van der Waals surface area contributed by atoms with E-state index >= 15 is 0 Å². The lowest BCUT2D eigenvalue weighted by Gasteiger charge is -2.50. The van der Waals surface area contributed by atoms with Gasteiger partial charge in [-0.1, -0.05) is 31.5 Å². The van der Waals surface area contributed by atoms with Crippen LogP contribution < -0.4 is 11.1 Å². The highest BCUT2D eigenvalue weighted by Gasteiger charge is 2.64. The third-order valence-electron chi connectivity index (χ3n) is 8.63. The molecule has 1 amide bonds. The summed E-state index contributed by atoms with van der Waals surface area (Å²) in [6.07, 6.45) is 2.45. The number of carbonyl (C=O) groups is 3. The van der Waals surface area contributed by atoms with E-state index in [1.165, 1.54) is 4.90 Å². The third kappa shape index (κ3) is 4.01. The zero-order chi connectivity index (χ0) is 29.1. The average molecular weight is 550 g/mol. The van der Waals surface area contributed by atoms with Gasteiger partial charge < -0.3 is 31.5 Å². The van der Waals surface area contributed by atoms with E-state index in [4.69, 9.17) is 5.73 Å². The molecule has 212 valence electrons. The molecule has 5 rings (SSSR count). The average Bonchev–Trinajstić information content (AvgIpc) is 2.88. The Morgan fingerprint density at radius 3 is 2.55 bits per heavy atom. The monoisotopic (exact) mass is 549 g/mol. The van der Waals surface area contributed by atoms with Crippen molar-refractivity contribution in [2.75, 3.05) is 20.6 Å². The van der Waals surface area contributed by atoms with E-state index in [0.717, 1.165) is 30.3 Å². The Bertz CT molecular complexity index is 1510. The molecule has 0 aromatic heterocycles. The number of fused-ring (bicyclic) bond motifs is 4. The van der Waals surface area contributed by atoms with Gasteiger partial charge in [-0.2, -0.15) is 0 Å². The fourth-order valence-corrected chi connectivity index (χ4v) is 6.70. The minimum Gasteiger partial charge on any atom is -0.508 e. The van der Waals surface area contributed by atoms with E-state index < -0.39 is 58.0 Å². The van der Waals surface area contributed by atoms with E-state index in [-0.39, 0.29) is 29.7 Å². The van der Waals surface area contributed by atoms with Crippen molar-refractivity contribution in [2.24, 2.45) is 17.6 Å². The zero-order valence-corrected chi connectivity index (χ0v) is 22.8. The Balaban J connectivity index is 1.63. The summed E-state index contributed by atoms with van der Waals surface area (Å²) < 4.78 is 0. The van der Waals surface area contributed by atoms with Crippen LogP contribution in [0.4, 0.5) is 0 Å². The van der Waals surface area contributed by atoms with Gasteiger partial charge in [-0.05, 0) is 68.4 Å². The Morgan fingerprint density at radius 1 is 1.18 bits per heavy atom. The summed E-state index contributed by atoms with van der Waals surface area (Å²) in [6, 6.07) is 6.48. The summed E-state index contributed by atoms with van der Waals surface area (Å²) in [7, 11) is 3.15. The van der Waals surface area contributed by atoms with E-state index in [1.807, 2.05) is 24.3 Å². The number of amides is 1. The van der Waals surface area contributed by atoms with Crippen LogP contribution >= 0.6 is 0 Å². The molecule has 3 aliphatic carbocycles. The van der Waals surface area contributed by atoms with Crippen molar-refractivity contribution in [2.45, 2.75) is 50.8 Å². The lowest BCUT2D eigenvalue weighted by Crippen LogP contribution is -2.65. The number of phenolic OH excluding ortho intramolecular Hbond substituents is 1. The Hall–Kier alpha value is -3.73. The number of likely N-dealkylation sites (N-methyl/N-ethyl adjacent to an activating group) is 1. The standard InChI is InChI=1S/C30H35N3O7/c1-4-5-8-32-13-14-6-7-15-10-16-11-17-12-19-23(33(2)3)26(36)22(29(31)39)28(38)30(19,40)27(37)21(17)25(35)20(16)24(34)18(15)9-14/h6-7,9-10,17,19,23,32,34-35,38,40H,4-5,8,11-13H2,1-3H3,(H2,31,39)/t17-,19-,23-,30-/m0/s1. The van der Waals surface area contributed by atoms with Crippen LogP contribution in [0, 0.1) is 11.8 Å². The molecule has 0 unspecified atom stereocenters. The lowest BCUT2D eigenvalue weighted by molar-refractivity contribution is -0.153. The molecule has 0 aliphatic heterocycles. The second kappa shape index (κ2) is 10.0. The molecule has 0 heterocycles. The van der Waals surface area contributed by atoms with Crippen molar-refractivity contribution in [3.8, 4) is 5.75 Å². The van der Waals surface area contributed by atoms with Crippen LogP contribution in [0.5, 0.6) is 5.75 Å². The number of hydrogen-bond acceptors (Lipinski definition) is 9. The number of Topliss-reactive ketones (excluding diaryl/α,β-unsaturated/α-hetero) is 2. The smallest absolute Gasteiger partial charge is 0.255 e. The number of carbonyl (C=O) groups excluding carboxylic acids is 3. The minimum atomic E-state index is -2.64. The fraction of sp³-hybridized carbons (Fsp3) is 0.433. The van der Waals surface area contributed by atoms with Gasteiger partial charge in [-0.25, -0.2) is 0 Å². The number of phenols is 1. The summed E-state index contributed by atoms with van der Waals surface area (Å²) in [5.74, 6) is -6.49. The highest BCUT2D eigenvalue weighted by Crippen LogP contribution is 2.53. The lowest BCUT2D eigenvalue weighted by atomic mass is 9.57. The van der Waals surface area contributed by atoms with Crippen LogP contribution in [0.1, 0.15) is 42.9 Å². The van der Waals surface area contributed by atoms with Gasteiger partial charge >= 0.3 is 0 Å². The first-order valence-corrected chi connectivity index (χ1v) is 13.6.